The summed E-state index contributed by atoms with van der Waals surface area (Å²) in [6.45, 7) is 0. The molecule has 13 rings (SSSR count). The lowest BCUT2D eigenvalue weighted by Crippen LogP contribution is -2.34. The Morgan fingerprint density at radius 1 is 0.444 bits per heavy atom. The molecule has 6 nitrogen and oxygen atoms in total. The molecule has 12 aromatic rings. The molecule has 1 aliphatic rings. The van der Waals surface area contributed by atoms with Crippen molar-refractivity contribution in [3.05, 3.63) is 234 Å². The lowest BCUT2D eigenvalue weighted by atomic mass is 9.99. The average Bonchev–Trinajstić information content (AvgIpc) is 4.02. The van der Waals surface area contributed by atoms with Crippen LogP contribution in [0.2, 0.25) is 0 Å². The van der Waals surface area contributed by atoms with Crippen molar-refractivity contribution in [2.45, 2.75) is 12.3 Å². The van der Waals surface area contributed by atoms with Gasteiger partial charge in [0.25, 0.3) is 0 Å². The van der Waals surface area contributed by atoms with Gasteiger partial charge in [-0.15, -0.1) is 0 Å². The second-order valence-electron chi connectivity index (χ2n) is 16.3. The van der Waals surface area contributed by atoms with E-state index >= 15 is 0 Å². The molecule has 9 aromatic carbocycles. The number of para-hydroxylation sites is 4. The molecule has 3 aromatic heterocycles. The van der Waals surface area contributed by atoms with E-state index in [0.29, 0.717) is 0 Å². The highest BCUT2D eigenvalue weighted by atomic mass is 16.3. The van der Waals surface area contributed by atoms with Gasteiger partial charge < -0.3 is 24.2 Å². The van der Waals surface area contributed by atoms with Crippen LogP contribution < -0.4 is 5.32 Å². The largest absolute Gasteiger partial charge is 0.613 e. The molecule has 0 radical (unpaired) electrons. The number of nitrogens with zero attached hydrogens (tertiary/aromatic N) is 4. The summed E-state index contributed by atoms with van der Waals surface area (Å²) in [4.78, 5) is 5.16. The van der Waals surface area contributed by atoms with E-state index in [4.69, 9.17) is 14.7 Å². The summed E-state index contributed by atoms with van der Waals surface area (Å²) >= 11 is 0. The SMILES string of the molecule is c1ccc(C2N=C(c3ccc(-n4c5ccccc5c5ccc6oc7ccc(-c8cccc9c%10ccccc%10n(-c%10ccccc%10)c89)cc7c6c54)cc3)NC(c3ccccc3)[N-]2)cc1. The zero-order valence-electron chi connectivity index (χ0n) is 34.1. The highest BCUT2D eigenvalue weighted by molar-refractivity contribution is 6.25. The summed E-state index contributed by atoms with van der Waals surface area (Å²) in [6.07, 6.45) is -0.562. The van der Waals surface area contributed by atoms with Crippen LogP contribution in [0.3, 0.4) is 0 Å². The molecule has 63 heavy (non-hydrogen) atoms. The molecular formula is C57H38N5O-. The number of benzene rings is 9. The molecule has 1 N–H and O–H groups in total. The molecule has 6 heteroatoms. The summed E-state index contributed by atoms with van der Waals surface area (Å²) in [7, 11) is 0. The molecule has 2 atom stereocenters. The number of hydrogen-bond donors (Lipinski definition) is 1. The highest BCUT2D eigenvalue weighted by Crippen LogP contribution is 2.44. The highest BCUT2D eigenvalue weighted by Gasteiger charge is 2.22. The Morgan fingerprint density at radius 3 is 1.75 bits per heavy atom. The number of aromatic nitrogens is 2. The van der Waals surface area contributed by atoms with Gasteiger partial charge in [-0.05, 0) is 102 Å². The number of hydrogen-bond acceptors (Lipinski definition) is 3. The third-order valence-electron chi connectivity index (χ3n) is 12.7. The molecule has 298 valence electrons. The Labute approximate surface area is 363 Å². The third kappa shape index (κ3) is 5.66. The average molecular weight is 809 g/mol. The van der Waals surface area contributed by atoms with Crippen molar-refractivity contribution < 1.29 is 4.42 Å². The Kier molecular flexibility index (Phi) is 8.01. The zero-order chi connectivity index (χ0) is 41.4. The topological polar surface area (TPSA) is 61.5 Å². The predicted molar refractivity (Wildman–Crippen MR) is 259 cm³/mol. The third-order valence-corrected chi connectivity index (χ3v) is 12.7. The first kappa shape index (κ1) is 35.6. The lowest BCUT2D eigenvalue weighted by Gasteiger charge is -2.44. The summed E-state index contributed by atoms with van der Waals surface area (Å²) in [6, 6.07) is 75.3. The first-order valence-corrected chi connectivity index (χ1v) is 21.5. The van der Waals surface area contributed by atoms with Gasteiger partial charge in [-0.3, -0.25) is 4.99 Å². The van der Waals surface area contributed by atoms with Crippen LogP contribution in [0.5, 0.6) is 0 Å². The molecule has 0 aliphatic carbocycles. The van der Waals surface area contributed by atoms with Gasteiger partial charge in [0.2, 0.25) is 0 Å². The van der Waals surface area contributed by atoms with E-state index in [2.05, 4.69) is 203 Å². The summed E-state index contributed by atoms with van der Waals surface area (Å²) < 4.78 is 11.5. The van der Waals surface area contributed by atoms with Gasteiger partial charge in [0.1, 0.15) is 17.0 Å². The van der Waals surface area contributed by atoms with Crippen LogP contribution in [0.4, 0.5) is 0 Å². The van der Waals surface area contributed by atoms with Gasteiger partial charge in [-0.25, -0.2) is 0 Å². The van der Waals surface area contributed by atoms with Crippen molar-refractivity contribution in [1.29, 1.82) is 0 Å². The van der Waals surface area contributed by atoms with Crippen molar-refractivity contribution >= 4 is 71.4 Å². The van der Waals surface area contributed by atoms with Crippen molar-refractivity contribution in [3.63, 3.8) is 0 Å². The molecule has 2 unspecified atom stereocenters. The number of fused-ring (bicyclic) bond motifs is 10. The standard InChI is InChI=1S/C57H38N5O/c1-4-15-36(16-5-1)55-58-56(37-17-6-2-7-18-37)60-57(59-55)38-27-30-41(31-28-38)62-49-26-13-11-22-44(49)46-32-34-51-52(54(46)62)47-35-39(29-33-50(47)63-51)42-23-14-24-45-43-21-10-12-25-48(43)61(53(42)45)40-19-8-3-9-20-40/h1-35,55-56H,(H,59,60)/q-1. The van der Waals surface area contributed by atoms with Gasteiger partial charge in [0.15, 0.2) is 0 Å². The minimum Gasteiger partial charge on any atom is -0.613 e. The maximum Gasteiger partial charge on any atom is 0.137 e. The fourth-order valence-corrected chi connectivity index (χ4v) is 9.87. The number of rotatable bonds is 6. The van der Waals surface area contributed by atoms with Crippen LogP contribution in [-0.4, -0.2) is 15.0 Å². The molecular weight excluding hydrogens is 771 g/mol. The van der Waals surface area contributed by atoms with Crippen LogP contribution in [0.25, 0.3) is 93.4 Å². The van der Waals surface area contributed by atoms with Crippen molar-refractivity contribution in [1.82, 2.24) is 14.5 Å². The van der Waals surface area contributed by atoms with Gasteiger partial charge in [-0.1, -0.05) is 140 Å². The zero-order valence-corrected chi connectivity index (χ0v) is 34.1. The Morgan fingerprint density at radius 2 is 1.02 bits per heavy atom. The number of amidine groups is 1. The quantitative estimate of drug-likeness (QED) is 0.182. The molecule has 0 fully saturated rings. The van der Waals surface area contributed by atoms with Crippen molar-refractivity contribution in [2.75, 3.05) is 0 Å². The van der Waals surface area contributed by atoms with E-state index in [-0.39, 0.29) is 12.3 Å². The fraction of sp³-hybridized carbons (Fsp3) is 0.0351. The second-order valence-corrected chi connectivity index (χ2v) is 16.3. The van der Waals surface area contributed by atoms with E-state index < -0.39 is 0 Å². The van der Waals surface area contributed by atoms with E-state index in [9.17, 15) is 0 Å². The van der Waals surface area contributed by atoms with Crippen LogP contribution in [0.1, 0.15) is 29.0 Å². The summed E-state index contributed by atoms with van der Waals surface area (Å²) in [5, 5.41) is 15.8. The molecule has 0 spiro atoms. The summed E-state index contributed by atoms with van der Waals surface area (Å²) in [5.74, 6) is 0.818. The molecule has 0 bridgehead atoms. The molecule has 0 saturated heterocycles. The van der Waals surface area contributed by atoms with Gasteiger partial charge >= 0.3 is 0 Å². The number of furan rings is 1. The van der Waals surface area contributed by atoms with E-state index in [0.717, 1.165) is 72.4 Å². The molecule has 1 aliphatic heterocycles. The monoisotopic (exact) mass is 808 g/mol. The van der Waals surface area contributed by atoms with Gasteiger partial charge in [0, 0.05) is 49.4 Å². The van der Waals surface area contributed by atoms with E-state index in [1.807, 2.05) is 24.3 Å². The smallest absolute Gasteiger partial charge is 0.137 e. The molecule has 4 heterocycles. The first-order chi connectivity index (χ1) is 31.2. The normalized spacial score (nSPS) is 15.5. The maximum atomic E-state index is 6.71. The Hall–Kier alpha value is -8.19. The van der Waals surface area contributed by atoms with Gasteiger partial charge in [0.05, 0.1) is 27.5 Å². The molecule has 0 saturated carbocycles. The Bertz CT molecular complexity index is 3730. The lowest BCUT2D eigenvalue weighted by molar-refractivity contribution is 0.631. The van der Waals surface area contributed by atoms with Gasteiger partial charge in [-0.2, -0.15) is 0 Å². The number of aliphatic imine (C=N–C) groups is 1. The van der Waals surface area contributed by atoms with Crippen molar-refractivity contribution in [2.24, 2.45) is 4.99 Å². The van der Waals surface area contributed by atoms with Crippen LogP contribution >= 0.6 is 0 Å². The van der Waals surface area contributed by atoms with E-state index in [1.165, 1.54) is 38.1 Å². The predicted octanol–water partition coefficient (Wildman–Crippen LogP) is 14.6. The maximum absolute atomic E-state index is 6.71. The van der Waals surface area contributed by atoms with Crippen LogP contribution in [0, 0.1) is 0 Å². The molecule has 0 amide bonds. The summed E-state index contributed by atoms with van der Waals surface area (Å²) in [5.41, 5.74) is 14.0. The van der Waals surface area contributed by atoms with Crippen LogP contribution in [0.15, 0.2) is 222 Å². The van der Waals surface area contributed by atoms with E-state index in [1.54, 1.807) is 0 Å². The second kappa shape index (κ2) is 14.2. The minimum atomic E-state index is -0.328. The van der Waals surface area contributed by atoms with Crippen LogP contribution in [-0.2, 0) is 0 Å². The first-order valence-electron chi connectivity index (χ1n) is 21.5. The number of nitrogens with one attached hydrogen (secondary N) is 1. The Balaban J connectivity index is 0.986. The van der Waals surface area contributed by atoms with Crippen molar-refractivity contribution in [3.8, 4) is 22.5 Å². The fourth-order valence-electron chi connectivity index (χ4n) is 9.87. The minimum absolute atomic E-state index is 0.234.